The molecular weight excluding hydrogens is 333 g/mol. The number of carbonyl (C=O) groups is 1. The summed E-state index contributed by atoms with van der Waals surface area (Å²) in [5, 5.41) is 0. The fourth-order valence-corrected chi connectivity index (χ4v) is 3.27. The molecule has 0 spiro atoms. The standard InChI is InChI=1S/C20H20FN3O2/c21-14-8-9-16-17(12-14)23-20(22-16)15-6-2-3-7-18(15)26-13-19(25)24-10-4-1-5-11-24/h2-3,6-9,12H,1,4-5,10-11,13H2,(H,22,23). The summed E-state index contributed by atoms with van der Waals surface area (Å²) in [5.74, 6) is 0.861. The molecule has 0 saturated carbocycles. The molecule has 1 amide bonds. The zero-order valence-electron chi connectivity index (χ0n) is 14.4. The molecule has 0 unspecified atom stereocenters. The number of aromatic amines is 1. The highest BCUT2D eigenvalue weighted by Gasteiger charge is 2.18. The van der Waals surface area contributed by atoms with Gasteiger partial charge in [-0.1, -0.05) is 12.1 Å². The van der Waals surface area contributed by atoms with E-state index in [1.165, 1.54) is 18.6 Å². The summed E-state index contributed by atoms with van der Waals surface area (Å²) in [7, 11) is 0. The highest BCUT2D eigenvalue weighted by atomic mass is 19.1. The molecule has 1 fully saturated rings. The van der Waals surface area contributed by atoms with Crippen LogP contribution in [-0.2, 0) is 4.79 Å². The molecule has 6 heteroatoms. The fraction of sp³-hybridized carbons (Fsp3) is 0.300. The Morgan fingerprint density at radius 2 is 1.96 bits per heavy atom. The van der Waals surface area contributed by atoms with Gasteiger partial charge in [0, 0.05) is 13.1 Å². The van der Waals surface area contributed by atoms with E-state index in [1.54, 1.807) is 6.07 Å². The van der Waals surface area contributed by atoms with Crippen molar-refractivity contribution in [1.82, 2.24) is 14.9 Å². The first-order chi connectivity index (χ1) is 12.7. The molecule has 0 radical (unpaired) electrons. The van der Waals surface area contributed by atoms with Gasteiger partial charge in [-0.05, 0) is 49.6 Å². The third kappa shape index (κ3) is 3.40. The van der Waals surface area contributed by atoms with Crippen LogP contribution in [0.3, 0.4) is 0 Å². The summed E-state index contributed by atoms with van der Waals surface area (Å²) in [5.41, 5.74) is 2.05. The minimum atomic E-state index is -0.315. The van der Waals surface area contributed by atoms with Gasteiger partial charge in [0.25, 0.3) is 5.91 Å². The van der Waals surface area contributed by atoms with E-state index in [1.807, 2.05) is 29.2 Å². The van der Waals surface area contributed by atoms with Gasteiger partial charge in [0.2, 0.25) is 0 Å². The van der Waals surface area contributed by atoms with E-state index in [0.717, 1.165) is 31.5 Å². The molecule has 1 aromatic heterocycles. The monoisotopic (exact) mass is 353 g/mol. The van der Waals surface area contributed by atoms with Crippen LogP contribution in [0.5, 0.6) is 5.75 Å². The second kappa shape index (κ2) is 7.15. The normalized spacial score (nSPS) is 14.6. The summed E-state index contributed by atoms with van der Waals surface area (Å²) in [6.07, 6.45) is 3.29. The predicted octanol–water partition coefficient (Wildman–Crippen LogP) is 3.76. The van der Waals surface area contributed by atoms with Crippen molar-refractivity contribution in [3.05, 3.63) is 48.3 Å². The lowest BCUT2D eigenvalue weighted by molar-refractivity contribution is -0.134. The van der Waals surface area contributed by atoms with E-state index in [2.05, 4.69) is 9.97 Å². The first-order valence-corrected chi connectivity index (χ1v) is 8.86. The van der Waals surface area contributed by atoms with Gasteiger partial charge in [0.15, 0.2) is 6.61 Å². The van der Waals surface area contributed by atoms with Crippen LogP contribution in [0, 0.1) is 5.82 Å². The molecule has 4 rings (SSSR count). The number of imidazole rings is 1. The lowest BCUT2D eigenvalue weighted by atomic mass is 10.1. The van der Waals surface area contributed by atoms with Crippen LogP contribution < -0.4 is 4.74 Å². The van der Waals surface area contributed by atoms with Crippen LogP contribution >= 0.6 is 0 Å². The van der Waals surface area contributed by atoms with Crippen molar-refractivity contribution < 1.29 is 13.9 Å². The van der Waals surface area contributed by atoms with Crippen LogP contribution in [0.15, 0.2) is 42.5 Å². The molecule has 1 N–H and O–H groups in total. The maximum absolute atomic E-state index is 13.4. The highest BCUT2D eigenvalue weighted by Crippen LogP contribution is 2.29. The fourth-order valence-electron chi connectivity index (χ4n) is 3.27. The second-order valence-electron chi connectivity index (χ2n) is 6.47. The number of H-pyrrole nitrogens is 1. The van der Waals surface area contributed by atoms with Gasteiger partial charge >= 0.3 is 0 Å². The smallest absolute Gasteiger partial charge is 0.260 e. The largest absolute Gasteiger partial charge is 0.483 e. The van der Waals surface area contributed by atoms with Crippen molar-refractivity contribution in [2.24, 2.45) is 0 Å². The molecule has 0 atom stereocenters. The van der Waals surface area contributed by atoms with Crippen LogP contribution in [-0.4, -0.2) is 40.5 Å². The molecule has 26 heavy (non-hydrogen) atoms. The Hall–Kier alpha value is -2.89. The van der Waals surface area contributed by atoms with Crippen molar-refractivity contribution in [1.29, 1.82) is 0 Å². The Labute approximate surface area is 150 Å². The molecule has 2 aromatic carbocycles. The van der Waals surface area contributed by atoms with E-state index >= 15 is 0 Å². The number of rotatable bonds is 4. The van der Waals surface area contributed by atoms with Gasteiger partial charge in [-0.25, -0.2) is 9.37 Å². The first-order valence-electron chi connectivity index (χ1n) is 8.86. The maximum atomic E-state index is 13.4. The Kier molecular flexibility index (Phi) is 4.56. The molecule has 2 heterocycles. The van der Waals surface area contributed by atoms with Gasteiger partial charge in [-0.15, -0.1) is 0 Å². The zero-order valence-corrected chi connectivity index (χ0v) is 14.4. The number of ether oxygens (including phenoxy) is 1. The molecule has 0 bridgehead atoms. The lowest BCUT2D eigenvalue weighted by Crippen LogP contribution is -2.38. The van der Waals surface area contributed by atoms with Crippen molar-refractivity contribution in [2.45, 2.75) is 19.3 Å². The third-order valence-electron chi connectivity index (χ3n) is 4.65. The summed E-state index contributed by atoms with van der Waals surface area (Å²) < 4.78 is 19.2. The van der Waals surface area contributed by atoms with Crippen LogP contribution in [0.25, 0.3) is 22.4 Å². The number of amides is 1. The topological polar surface area (TPSA) is 58.2 Å². The van der Waals surface area contributed by atoms with E-state index in [9.17, 15) is 9.18 Å². The molecule has 1 aliphatic heterocycles. The molecule has 1 saturated heterocycles. The number of carbonyl (C=O) groups excluding carboxylic acids is 1. The Morgan fingerprint density at radius 1 is 1.15 bits per heavy atom. The first kappa shape index (κ1) is 16.6. The van der Waals surface area contributed by atoms with E-state index in [0.29, 0.717) is 22.6 Å². The number of hydrogen-bond acceptors (Lipinski definition) is 3. The second-order valence-corrected chi connectivity index (χ2v) is 6.47. The van der Waals surface area contributed by atoms with Crippen molar-refractivity contribution >= 4 is 16.9 Å². The number of benzene rings is 2. The van der Waals surface area contributed by atoms with Crippen LogP contribution in [0.2, 0.25) is 0 Å². The Morgan fingerprint density at radius 3 is 2.81 bits per heavy atom. The average molecular weight is 353 g/mol. The van der Waals surface area contributed by atoms with Gasteiger partial charge in [-0.3, -0.25) is 4.79 Å². The van der Waals surface area contributed by atoms with Gasteiger partial charge in [-0.2, -0.15) is 0 Å². The minimum Gasteiger partial charge on any atom is -0.483 e. The van der Waals surface area contributed by atoms with E-state index in [-0.39, 0.29) is 18.3 Å². The number of hydrogen-bond donors (Lipinski definition) is 1. The van der Waals surface area contributed by atoms with Crippen LogP contribution in [0.1, 0.15) is 19.3 Å². The summed E-state index contributed by atoms with van der Waals surface area (Å²) in [4.78, 5) is 21.8. The lowest BCUT2D eigenvalue weighted by Gasteiger charge is -2.26. The Balaban J connectivity index is 1.55. The maximum Gasteiger partial charge on any atom is 0.260 e. The molecule has 1 aliphatic rings. The van der Waals surface area contributed by atoms with Gasteiger partial charge in [0.05, 0.1) is 16.6 Å². The van der Waals surface area contributed by atoms with Crippen molar-refractivity contribution in [2.75, 3.05) is 19.7 Å². The summed E-state index contributed by atoms with van der Waals surface area (Å²) in [6.45, 7) is 1.61. The number of likely N-dealkylation sites (tertiary alicyclic amines) is 1. The Bertz CT molecular complexity index is 932. The number of nitrogens with one attached hydrogen (secondary N) is 1. The molecular formula is C20H20FN3O2. The van der Waals surface area contributed by atoms with Gasteiger partial charge < -0.3 is 14.6 Å². The SMILES string of the molecule is O=C(COc1ccccc1-c1nc2ccc(F)cc2[nH]1)N1CCCCC1. The van der Waals surface area contributed by atoms with Crippen molar-refractivity contribution in [3.8, 4) is 17.1 Å². The molecule has 5 nitrogen and oxygen atoms in total. The predicted molar refractivity (Wildman–Crippen MR) is 97.4 cm³/mol. The third-order valence-corrected chi connectivity index (χ3v) is 4.65. The number of piperidine rings is 1. The number of aromatic nitrogens is 2. The average Bonchev–Trinajstić information content (AvgIpc) is 3.10. The van der Waals surface area contributed by atoms with Crippen molar-refractivity contribution in [3.63, 3.8) is 0 Å². The van der Waals surface area contributed by atoms with Crippen LogP contribution in [0.4, 0.5) is 4.39 Å². The highest BCUT2D eigenvalue weighted by molar-refractivity contribution is 5.81. The quantitative estimate of drug-likeness (QED) is 0.777. The molecule has 3 aromatic rings. The number of fused-ring (bicyclic) bond motifs is 1. The summed E-state index contributed by atoms with van der Waals surface area (Å²) in [6, 6.07) is 11.8. The minimum absolute atomic E-state index is 0.00572. The van der Waals surface area contributed by atoms with Gasteiger partial charge in [0.1, 0.15) is 17.4 Å². The molecule has 0 aliphatic carbocycles. The number of nitrogens with zero attached hydrogens (tertiary/aromatic N) is 2. The van der Waals surface area contributed by atoms with E-state index in [4.69, 9.17) is 4.74 Å². The zero-order chi connectivity index (χ0) is 17.9. The summed E-state index contributed by atoms with van der Waals surface area (Å²) >= 11 is 0. The number of para-hydroxylation sites is 1. The van der Waals surface area contributed by atoms with E-state index < -0.39 is 0 Å². The number of halogens is 1. The molecule has 134 valence electrons.